The molecule has 0 unspecified atom stereocenters. The minimum atomic E-state index is -0.289. The third-order valence-corrected chi connectivity index (χ3v) is 6.49. The first-order valence-corrected chi connectivity index (χ1v) is 10.7. The number of carbonyl (C=O) groups is 1. The molecule has 6 nitrogen and oxygen atoms in total. The Morgan fingerprint density at radius 2 is 1.81 bits per heavy atom. The first kappa shape index (κ1) is 21.3. The molecule has 0 radical (unpaired) electrons. The van der Waals surface area contributed by atoms with Crippen LogP contribution in [0.4, 0.5) is 5.00 Å². The number of pyridine rings is 1. The predicted molar refractivity (Wildman–Crippen MR) is 127 cm³/mol. The Morgan fingerprint density at radius 3 is 2.53 bits per heavy atom. The molecule has 0 fully saturated rings. The van der Waals surface area contributed by atoms with E-state index in [0.717, 1.165) is 21.4 Å². The van der Waals surface area contributed by atoms with E-state index in [-0.39, 0.29) is 5.91 Å². The summed E-state index contributed by atoms with van der Waals surface area (Å²) in [6, 6.07) is 17.0. The van der Waals surface area contributed by atoms with Crippen molar-refractivity contribution in [3.05, 3.63) is 70.1 Å². The van der Waals surface area contributed by atoms with Crippen molar-refractivity contribution in [2.45, 2.75) is 13.8 Å². The molecule has 2 aromatic carbocycles. The van der Waals surface area contributed by atoms with Gasteiger partial charge in [-0.3, -0.25) is 4.79 Å². The molecule has 4 rings (SSSR count). The number of nitrogens with zero attached hydrogens (tertiary/aromatic N) is 2. The SMILES string of the molecule is COc1ccc(-c2cc(C(=O)Nc3sc(C)c(C)c3C#N)c3ccccc3n2)cc1OC. The molecule has 1 amide bonds. The Balaban J connectivity index is 1.82. The molecule has 0 saturated carbocycles. The third kappa shape index (κ3) is 3.77. The zero-order chi connectivity index (χ0) is 22.8. The predicted octanol–water partition coefficient (Wildman–Crippen LogP) is 5.72. The van der Waals surface area contributed by atoms with Gasteiger partial charge in [-0.05, 0) is 49.7 Å². The minimum absolute atomic E-state index is 0.289. The van der Waals surface area contributed by atoms with E-state index in [1.165, 1.54) is 11.3 Å². The van der Waals surface area contributed by atoms with Crippen LogP contribution in [0.3, 0.4) is 0 Å². The first-order valence-electron chi connectivity index (χ1n) is 9.90. The van der Waals surface area contributed by atoms with Gasteiger partial charge < -0.3 is 14.8 Å². The van der Waals surface area contributed by atoms with Gasteiger partial charge >= 0.3 is 0 Å². The van der Waals surface area contributed by atoms with Crippen LogP contribution in [0.2, 0.25) is 0 Å². The summed E-state index contributed by atoms with van der Waals surface area (Å²) in [4.78, 5) is 19.1. The summed E-state index contributed by atoms with van der Waals surface area (Å²) in [6.07, 6.45) is 0. The maximum Gasteiger partial charge on any atom is 0.257 e. The molecule has 1 N–H and O–H groups in total. The standard InChI is InChI=1S/C25H21N3O3S/c1-14-15(2)32-25(19(14)13-26)28-24(29)18-12-21(27-20-8-6-5-7-17(18)20)16-9-10-22(30-3)23(11-16)31-4/h5-12H,1-4H3,(H,28,29). The molecule has 2 aromatic heterocycles. The van der Waals surface area contributed by atoms with Gasteiger partial charge in [-0.2, -0.15) is 5.26 Å². The van der Waals surface area contributed by atoms with E-state index in [1.807, 2.05) is 50.2 Å². The maximum absolute atomic E-state index is 13.3. The van der Waals surface area contributed by atoms with Gasteiger partial charge in [0.1, 0.15) is 11.1 Å². The average molecular weight is 444 g/mol. The largest absolute Gasteiger partial charge is 0.493 e. The number of methoxy groups -OCH3 is 2. The number of hydrogen-bond donors (Lipinski definition) is 1. The highest BCUT2D eigenvalue weighted by atomic mass is 32.1. The highest BCUT2D eigenvalue weighted by Gasteiger charge is 2.19. The Kier molecular flexibility index (Phi) is 5.80. The summed E-state index contributed by atoms with van der Waals surface area (Å²) >= 11 is 1.40. The lowest BCUT2D eigenvalue weighted by Crippen LogP contribution is -2.13. The number of rotatable bonds is 5. The van der Waals surface area contributed by atoms with Crippen molar-refractivity contribution in [3.8, 4) is 28.8 Å². The van der Waals surface area contributed by atoms with Crippen molar-refractivity contribution in [1.82, 2.24) is 4.98 Å². The molecule has 32 heavy (non-hydrogen) atoms. The van der Waals surface area contributed by atoms with Crippen LogP contribution in [-0.2, 0) is 0 Å². The monoisotopic (exact) mass is 443 g/mol. The Labute approximate surface area is 190 Å². The Bertz CT molecular complexity index is 1390. The molecule has 0 saturated heterocycles. The number of nitriles is 1. The molecule has 0 aliphatic rings. The fourth-order valence-electron chi connectivity index (χ4n) is 3.53. The van der Waals surface area contributed by atoms with Gasteiger partial charge in [0.05, 0.1) is 36.6 Å². The number of fused-ring (bicyclic) bond motifs is 1. The number of carbonyl (C=O) groups excluding carboxylic acids is 1. The number of anilines is 1. The van der Waals surface area contributed by atoms with Crippen molar-refractivity contribution in [2.75, 3.05) is 19.5 Å². The number of nitrogens with one attached hydrogen (secondary N) is 1. The number of aromatic nitrogens is 1. The number of ether oxygens (including phenoxy) is 2. The zero-order valence-corrected chi connectivity index (χ0v) is 19.0. The highest BCUT2D eigenvalue weighted by Crippen LogP contribution is 2.35. The van der Waals surface area contributed by atoms with E-state index < -0.39 is 0 Å². The molecule has 0 bridgehead atoms. The van der Waals surface area contributed by atoms with Gasteiger partial charge in [0, 0.05) is 15.8 Å². The van der Waals surface area contributed by atoms with Gasteiger partial charge in [0.25, 0.3) is 5.91 Å². The molecular formula is C25H21N3O3S. The topological polar surface area (TPSA) is 84.2 Å². The second-order valence-corrected chi connectivity index (χ2v) is 8.42. The van der Waals surface area contributed by atoms with E-state index in [0.29, 0.717) is 38.8 Å². The fraction of sp³-hybridized carbons (Fsp3) is 0.160. The normalized spacial score (nSPS) is 10.6. The number of para-hydroxylation sites is 1. The molecule has 7 heteroatoms. The zero-order valence-electron chi connectivity index (χ0n) is 18.1. The molecule has 0 aliphatic heterocycles. The van der Waals surface area contributed by atoms with Crippen LogP contribution in [-0.4, -0.2) is 25.1 Å². The maximum atomic E-state index is 13.3. The van der Waals surface area contributed by atoms with E-state index in [1.54, 1.807) is 26.4 Å². The van der Waals surface area contributed by atoms with Crippen LogP contribution < -0.4 is 14.8 Å². The van der Waals surface area contributed by atoms with E-state index >= 15 is 0 Å². The van der Waals surface area contributed by atoms with Crippen molar-refractivity contribution >= 4 is 33.1 Å². The lowest BCUT2D eigenvalue weighted by atomic mass is 10.0. The van der Waals surface area contributed by atoms with Gasteiger partial charge in [-0.15, -0.1) is 11.3 Å². The van der Waals surface area contributed by atoms with E-state index in [9.17, 15) is 10.1 Å². The summed E-state index contributed by atoms with van der Waals surface area (Å²) in [5.41, 5.74) is 3.99. The summed E-state index contributed by atoms with van der Waals surface area (Å²) in [5, 5.41) is 13.8. The highest BCUT2D eigenvalue weighted by molar-refractivity contribution is 7.16. The lowest BCUT2D eigenvalue weighted by molar-refractivity contribution is 0.102. The second-order valence-electron chi connectivity index (χ2n) is 7.20. The fourth-order valence-corrected chi connectivity index (χ4v) is 4.53. The van der Waals surface area contributed by atoms with Gasteiger partial charge in [-0.25, -0.2) is 4.98 Å². The van der Waals surface area contributed by atoms with Gasteiger partial charge in [0.15, 0.2) is 11.5 Å². The van der Waals surface area contributed by atoms with Crippen molar-refractivity contribution < 1.29 is 14.3 Å². The number of amides is 1. The van der Waals surface area contributed by atoms with Crippen molar-refractivity contribution in [1.29, 1.82) is 5.26 Å². The van der Waals surface area contributed by atoms with Gasteiger partial charge in [0.2, 0.25) is 0 Å². The number of benzene rings is 2. The van der Waals surface area contributed by atoms with Crippen molar-refractivity contribution in [2.24, 2.45) is 0 Å². The molecule has 0 atom stereocenters. The van der Waals surface area contributed by atoms with Crippen LogP contribution >= 0.6 is 11.3 Å². The van der Waals surface area contributed by atoms with Crippen molar-refractivity contribution in [3.63, 3.8) is 0 Å². The number of aryl methyl sites for hydroxylation is 1. The molecule has 0 aliphatic carbocycles. The van der Waals surface area contributed by atoms with Crippen LogP contribution in [0, 0.1) is 25.2 Å². The summed E-state index contributed by atoms with van der Waals surface area (Å²) in [5.74, 6) is 0.903. The van der Waals surface area contributed by atoms with Crippen LogP contribution in [0.5, 0.6) is 11.5 Å². The van der Waals surface area contributed by atoms with Crippen LogP contribution in [0.15, 0.2) is 48.5 Å². The number of hydrogen-bond acceptors (Lipinski definition) is 6. The molecule has 160 valence electrons. The minimum Gasteiger partial charge on any atom is -0.493 e. The molecule has 0 spiro atoms. The molecule has 2 heterocycles. The quantitative estimate of drug-likeness (QED) is 0.426. The first-order chi connectivity index (χ1) is 15.5. The summed E-state index contributed by atoms with van der Waals surface area (Å²) in [6.45, 7) is 3.82. The number of thiophene rings is 1. The average Bonchev–Trinajstić information content (AvgIpc) is 3.09. The Morgan fingerprint density at radius 1 is 1.06 bits per heavy atom. The molecular weight excluding hydrogens is 422 g/mol. The lowest BCUT2D eigenvalue weighted by Gasteiger charge is -2.12. The summed E-state index contributed by atoms with van der Waals surface area (Å²) < 4.78 is 10.7. The van der Waals surface area contributed by atoms with Gasteiger partial charge in [-0.1, -0.05) is 18.2 Å². The molecule has 4 aromatic rings. The van der Waals surface area contributed by atoms with Crippen LogP contribution in [0.25, 0.3) is 22.2 Å². The second kappa shape index (κ2) is 8.69. The Hall–Kier alpha value is -3.89. The summed E-state index contributed by atoms with van der Waals surface area (Å²) in [7, 11) is 3.16. The van der Waals surface area contributed by atoms with E-state index in [2.05, 4.69) is 11.4 Å². The third-order valence-electron chi connectivity index (χ3n) is 5.36. The smallest absolute Gasteiger partial charge is 0.257 e. The van der Waals surface area contributed by atoms with Crippen LogP contribution in [0.1, 0.15) is 26.4 Å². The van der Waals surface area contributed by atoms with E-state index in [4.69, 9.17) is 14.5 Å².